The molecule has 0 fully saturated rings. The average molecular weight is 420 g/mol. The number of hydrogen-bond acceptors (Lipinski definition) is 4. The van der Waals surface area contributed by atoms with Crippen LogP contribution in [0.25, 0.3) is 0 Å². The van der Waals surface area contributed by atoms with Crippen LogP contribution in [0.2, 0.25) is 0 Å². The molecule has 0 atom stereocenters. The Hall–Kier alpha value is -3.47. The second-order valence-corrected chi connectivity index (χ2v) is 7.52. The number of carbonyl (C=O) groups excluding carboxylic acids is 1. The molecule has 0 heterocycles. The van der Waals surface area contributed by atoms with Crippen molar-refractivity contribution in [3.8, 4) is 17.2 Å². The molecule has 3 aromatic carbocycles. The fourth-order valence-corrected chi connectivity index (χ4v) is 2.85. The second kappa shape index (κ2) is 11.6. The van der Waals surface area contributed by atoms with Crippen molar-refractivity contribution < 1.29 is 19.0 Å². The second-order valence-electron chi connectivity index (χ2n) is 7.52. The number of amides is 1. The van der Waals surface area contributed by atoms with E-state index < -0.39 is 0 Å². The molecule has 0 radical (unpaired) electrons. The summed E-state index contributed by atoms with van der Waals surface area (Å²) in [6, 6.07) is 24.1. The molecule has 1 N–H and O–H groups in total. The van der Waals surface area contributed by atoms with E-state index in [0.29, 0.717) is 42.7 Å². The lowest BCUT2D eigenvalue weighted by atomic mass is 10.1. The van der Waals surface area contributed by atoms with E-state index in [1.807, 2.05) is 66.7 Å². The third kappa shape index (κ3) is 7.37. The normalized spacial score (nSPS) is 10.5. The molecule has 3 rings (SSSR count). The van der Waals surface area contributed by atoms with Gasteiger partial charge in [-0.1, -0.05) is 44.2 Å². The van der Waals surface area contributed by atoms with E-state index >= 15 is 0 Å². The van der Waals surface area contributed by atoms with Gasteiger partial charge in [-0.3, -0.25) is 4.79 Å². The van der Waals surface area contributed by atoms with Gasteiger partial charge in [0, 0.05) is 5.69 Å². The van der Waals surface area contributed by atoms with Gasteiger partial charge in [0.2, 0.25) is 0 Å². The molecule has 31 heavy (non-hydrogen) atoms. The molecular formula is C26H29NO4. The Morgan fingerprint density at radius 1 is 0.742 bits per heavy atom. The Kier molecular flexibility index (Phi) is 8.35. The van der Waals surface area contributed by atoms with E-state index in [0.717, 1.165) is 17.9 Å². The zero-order chi connectivity index (χ0) is 21.9. The molecule has 162 valence electrons. The van der Waals surface area contributed by atoms with Crippen molar-refractivity contribution >= 4 is 11.6 Å². The van der Waals surface area contributed by atoms with Crippen LogP contribution in [0.5, 0.6) is 17.2 Å². The number of anilines is 1. The summed E-state index contributed by atoms with van der Waals surface area (Å²) in [5.74, 6) is 2.47. The predicted molar refractivity (Wildman–Crippen MR) is 123 cm³/mol. The molecule has 0 aromatic heterocycles. The molecule has 0 unspecified atom stereocenters. The monoisotopic (exact) mass is 419 g/mol. The minimum absolute atomic E-state index is 0.229. The van der Waals surface area contributed by atoms with Gasteiger partial charge in [0.25, 0.3) is 5.91 Å². The van der Waals surface area contributed by atoms with E-state index in [2.05, 4.69) is 19.2 Å². The van der Waals surface area contributed by atoms with Gasteiger partial charge in [-0.25, -0.2) is 0 Å². The Balaban J connectivity index is 1.52. The summed E-state index contributed by atoms with van der Waals surface area (Å²) in [7, 11) is 0. The van der Waals surface area contributed by atoms with Crippen LogP contribution in [0.3, 0.4) is 0 Å². The third-order valence-corrected chi connectivity index (χ3v) is 4.56. The molecule has 0 bridgehead atoms. The molecule has 3 aromatic rings. The van der Waals surface area contributed by atoms with Crippen molar-refractivity contribution in [2.24, 2.45) is 5.92 Å². The van der Waals surface area contributed by atoms with Crippen LogP contribution < -0.4 is 19.5 Å². The van der Waals surface area contributed by atoms with Crippen LogP contribution in [0.4, 0.5) is 5.69 Å². The lowest BCUT2D eigenvalue weighted by Gasteiger charge is -2.13. The highest BCUT2D eigenvalue weighted by atomic mass is 16.5. The van der Waals surface area contributed by atoms with Gasteiger partial charge >= 0.3 is 0 Å². The maximum absolute atomic E-state index is 12.8. The number of hydrogen-bond donors (Lipinski definition) is 1. The first kappa shape index (κ1) is 22.2. The number of nitrogens with one attached hydrogen (secondary N) is 1. The zero-order valence-corrected chi connectivity index (χ0v) is 18.0. The zero-order valence-electron chi connectivity index (χ0n) is 18.0. The van der Waals surface area contributed by atoms with Crippen molar-refractivity contribution in [2.75, 3.05) is 25.1 Å². The fourth-order valence-electron chi connectivity index (χ4n) is 2.85. The molecule has 5 heteroatoms. The molecule has 0 saturated heterocycles. The Morgan fingerprint density at radius 3 is 2.10 bits per heavy atom. The Morgan fingerprint density at radius 2 is 1.35 bits per heavy atom. The summed E-state index contributed by atoms with van der Waals surface area (Å²) in [5, 5.41) is 2.91. The van der Waals surface area contributed by atoms with Crippen molar-refractivity contribution in [1.82, 2.24) is 0 Å². The fraction of sp³-hybridized carbons (Fsp3) is 0.269. The van der Waals surface area contributed by atoms with Crippen molar-refractivity contribution in [2.45, 2.75) is 20.3 Å². The summed E-state index contributed by atoms with van der Waals surface area (Å²) in [5.41, 5.74) is 1.17. The summed E-state index contributed by atoms with van der Waals surface area (Å²) in [6.45, 7) is 5.74. The smallest absolute Gasteiger partial charge is 0.259 e. The molecule has 0 aliphatic heterocycles. The van der Waals surface area contributed by atoms with Crippen LogP contribution in [-0.2, 0) is 0 Å². The van der Waals surface area contributed by atoms with Crippen LogP contribution in [-0.4, -0.2) is 25.7 Å². The van der Waals surface area contributed by atoms with E-state index in [4.69, 9.17) is 14.2 Å². The summed E-state index contributed by atoms with van der Waals surface area (Å²) >= 11 is 0. The van der Waals surface area contributed by atoms with Gasteiger partial charge in [0.15, 0.2) is 0 Å². The van der Waals surface area contributed by atoms with E-state index in [9.17, 15) is 4.79 Å². The minimum atomic E-state index is -0.229. The maximum atomic E-state index is 12.8. The SMILES string of the molecule is CC(C)CCOc1ccc(NC(=O)c2ccccc2OCCOc2ccccc2)cc1. The van der Waals surface area contributed by atoms with Crippen LogP contribution in [0, 0.1) is 5.92 Å². The molecule has 5 nitrogen and oxygen atoms in total. The molecule has 0 saturated carbocycles. The molecule has 0 aliphatic rings. The molecular weight excluding hydrogens is 390 g/mol. The lowest BCUT2D eigenvalue weighted by Crippen LogP contribution is -2.15. The van der Waals surface area contributed by atoms with E-state index in [1.165, 1.54) is 0 Å². The van der Waals surface area contributed by atoms with Crippen molar-refractivity contribution in [3.63, 3.8) is 0 Å². The average Bonchev–Trinajstić information content (AvgIpc) is 2.78. The topological polar surface area (TPSA) is 56.8 Å². The summed E-state index contributed by atoms with van der Waals surface area (Å²) in [4.78, 5) is 12.8. The number of carbonyl (C=O) groups is 1. The number of para-hydroxylation sites is 2. The number of benzene rings is 3. The highest BCUT2D eigenvalue weighted by Crippen LogP contribution is 2.21. The maximum Gasteiger partial charge on any atom is 0.259 e. The van der Waals surface area contributed by atoms with E-state index in [1.54, 1.807) is 12.1 Å². The van der Waals surface area contributed by atoms with Gasteiger partial charge in [-0.05, 0) is 60.9 Å². The van der Waals surface area contributed by atoms with Crippen molar-refractivity contribution in [3.05, 3.63) is 84.4 Å². The summed E-state index contributed by atoms with van der Waals surface area (Å²) in [6.07, 6.45) is 1.01. The minimum Gasteiger partial charge on any atom is -0.494 e. The van der Waals surface area contributed by atoms with Gasteiger partial charge in [0.1, 0.15) is 30.5 Å². The highest BCUT2D eigenvalue weighted by Gasteiger charge is 2.12. The van der Waals surface area contributed by atoms with Gasteiger partial charge < -0.3 is 19.5 Å². The Labute approximate surface area is 184 Å². The quantitative estimate of drug-likeness (QED) is 0.398. The first-order valence-electron chi connectivity index (χ1n) is 10.6. The lowest BCUT2D eigenvalue weighted by molar-refractivity contribution is 0.102. The standard InChI is InChI=1S/C26H29NO4/c1-20(2)16-17-29-23-14-12-21(13-15-23)27-26(28)24-10-6-7-11-25(24)31-19-18-30-22-8-4-3-5-9-22/h3-15,20H,16-19H2,1-2H3,(H,27,28). The highest BCUT2D eigenvalue weighted by molar-refractivity contribution is 6.06. The van der Waals surface area contributed by atoms with E-state index in [-0.39, 0.29) is 5.91 Å². The Bertz CT molecular complexity index is 939. The predicted octanol–water partition coefficient (Wildman–Crippen LogP) is 5.82. The van der Waals surface area contributed by atoms with Crippen LogP contribution >= 0.6 is 0 Å². The molecule has 0 spiro atoms. The largest absolute Gasteiger partial charge is 0.494 e. The van der Waals surface area contributed by atoms with Gasteiger partial charge in [-0.2, -0.15) is 0 Å². The first-order valence-corrected chi connectivity index (χ1v) is 10.6. The molecule has 1 amide bonds. The summed E-state index contributed by atoms with van der Waals surface area (Å²) < 4.78 is 17.2. The number of rotatable bonds is 11. The van der Waals surface area contributed by atoms with Gasteiger partial charge in [-0.15, -0.1) is 0 Å². The van der Waals surface area contributed by atoms with Crippen LogP contribution in [0.1, 0.15) is 30.6 Å². The van der Waals surface area contributed by atoms with Gasteiger partial charge in [0.05, 0.1) is 12.2 Å². The third-order valence-electron chi connectivity index (χ3n) is 4.56. The molecule has 0 aliphatic carbocycles. The van der Waals surface area contributed by atoms with Crippen LogP contribution in [0.15, 0.2) is 78.9 Å². The first-order chi connectivity index (χ1) is 15.1. The van der Waals surface area contributed by atoms with Crippen molar-refractivity contribution in [1.29, 1.82) is 0 Å². The number of ether oxygens (including phenoxy) is 3.